The van der Waals surface area contributed by atoms with Crippen molar-refractivity contribution >= 4 is 0 Å². The van der Waals surface area contributed by atoms with Gasteiger partial charge >= 0.3 is 0 Å². The summed E-state index contributed by atoms with van der Waals surface area (Å²) in [6.07, 6.45) is 1.50. The predicted octanol–water partition coefficient (Wildman–Crippen LogP) is 1.08. The second-order valence-electron chi connectivity index (χ2n) is 4.96. The highest BCUT2D eigenvalue weighted by atomic mass is 16.5. The van der Waals surface area contributed by atoms with E-state index in [1.807, 2.05) is 6.92 Å². The number of likely N-dealkylation sites (tertiary alicyclic amines) is 1. The van der Waals surface area contributed by atoms with Crippen LogP contribution >= 0.6 is 0 Å². The van der Waals surface area contributed by atoms with E-state index in [-0.39, 0.29) is 6.10 Å². The lowest BCUT2D eigenvalue weighted by Crippen LogP contribution is -2.37. The van der Waals surface area contributed by atoms with Gasteiger partial charge in [-0.1, -0.05) is 13.8 Å². The molecule has 1 unspecified atom stereocenters. The molecule has 1 rings (SSSR count). The van der Waals surface area contributed by atoms with Crippen molar-refractivity contribution in [2.75, 3.05) is 32.8 Å². The fourth-order valence-electron chi connectivity index (χ4n) is 2.10. The zero-order valence-corrected chi connectivity index (χ0v) is 9.75. The Morgan fingerprint density at radius 1 is 1.50 bits per heavy atom. The third-order valence-electron chi connectivity index (χ3n) is 2.88. The highest BCUT2D eigenvalue weighted by molar-refractivity contribution is 4.83. The van der Waals surface area contributed by atoms with Crippen LogP contribution < -0.4 is 5.73 Å². The van der Waals surface area contributed by atoms with Crippen molar-refractivity contribution in [2.24, 2.45) is 11.1 Å². The van der Waals surface area contributed by atoms with Crippen LogP contribution in [0.3, 0.4) is 0 Å². The van der Waals surface area contributed by atoms with Crippen LogP contribution in [0.4, 0.5) is 0 Å². The quantitative estimate of drug-likeness (QED) is 0.722. The molecular formula is C11H24N2O. The minimum absolute atomic E-state index is 0.217. The molecule has 1 heterocycles. The van der Waals surface area contributed by atoms with Crippen LogP contribution in [0.15, 0.2) is 0 Å². The van der Waals surface area contributed by atoms with E-state index >= 15 is 0 Å². The van der Waals surface area contributed by atoms with E-state index in [1.54, 1.807) is 0 Å². The first kappa shape index (κ1) is 12.0. The van der Waals surface area contributed by atoms with Crippen LogP contribution in [-0.4, -0.2) is 43.8 Å². The summed E-state index contributed by atoms with van der Waals surface area (Å²) < 4.78 is 5.55. The molecule has 0 aliphatic carbocycles. The molecule has 0 aromatic carbocycles. The Morgan fingerprint density at radius 3 is 2.64 bits per heavy atom. The van der Waals surface area contributed by atoms with Crippen molar-refractivity contribution in [3.63, 3.8) is 0 Å². The molecule has 1 aliphatic heterocycles. The molecule has 3 nitrogen and oxygen atoms in total. The molecule has 1 saturated heterocycles. The van der Waals surface area contributed by atoms with Crippen LogP contribution in [0.5, 0.6) is 0 Å². The first-order valence-electron chi connectivity index (χ1n) is 5.61. The fourth-order valence-corrected chi connectivity index (χ4v) is 2.10. The van der Waals surface area contributed by atoms with Gasteiger partial charge in [0.15, 0.2) is 0 Å². The number of nitrogens with two attached hydrogens (primary N) is 1. The van der Waals surface area contributed by atoms with Gasteiger partial charge in [0.25, 0.3) is 0 Å². The van der Waals surface area contributed by atoms with Gasteiger partial charge in [-0.05, 0) is 25.3 Å². The van der Waals surface area contributed by atoms with E-state index in [0.717, 1.165) is 13.2 Å². The molecule has 0 spiro atoms. The Hall–Kier alpha value is -0.120. The Kier molecular flexibility index (Phi) is 4.35. The standard InChI is InChI=1S/C11H24N2O/c1-4-14-10(7-12)8-13-6-5-11(2,3)9-13/h10H,4-9,12H2,1-3H3. The van der Waals surface area contributed by atoms with Gasteiger partial charge in [0.1, 0.15) is 0 Å². The van der Waals surface area contributed by atoms with Crippen molar-refractivity contribution in [2.45, 2.75) is 33.3 Å². The number of rotatable bonds is 5. The van der Waals surface area contributed by atoms with Crippen LogP contribution in [0, 0.1) is 5.41 Å². The van der Waals surface area contributed by atoms with E-state index in [0.29, 0.717) is 12.0 Å². The summed E-state index contributed by atoms with van der Waals surface area (Å²) in [4.78, 5) is 2.47. The molecule has 0 bridgehead atoms. The zero-order valence-electron chi connectivity index (χ0n) is 9.75. The van der Waals surface area contributed by atoms with Crippen LogP contribution in [0.1, 0.15) is 27.2 Å². The molecule has 0 radical (unpaired) electrons. The molecule has 2 N–H and O–H groups in total. The molecule has 14 heavy (non-hydrogen) atoms. The van der Waals surface area contributed by atoms with Gasteiger partial charge in [0.05, 0.1) is 6.10 Å². The second-order valence-corrected chi connectivity index (χ2v) is 4.96. The van der Waals surface area contributed by atoms with Crippen molar-refractivity contribution in [3.8, 4) is 0 Å². The summed E-state index contributed by atoms with van der Waals surface area (Å²) in [5.41, 5.74) is 6.13. The molecule has 0 saturated carbocycles. The summed E-state index contributed by atoms with van der Waals surface area (Å²) in [5.74, 6) is 0. The molecule has 0 aromatic heterocycles. The first-order valence-corrected chi connectivity index (χ1v) is 5.61. The van der Waals surface area contributed by atoms with Crippen LogP contribution in [0.2, 0.25) is 0 Å². The van der Waals surface area contributed by atoms with Gasteiger partial charge in [-0.25, -0.2) is 0 Å². The minimum Gasteiger partial charge on any atom is -0.376 e. The molecule has 1 atom stereocenters. The lowest BCUT2D eigenvalue weighted by Gasteiger charge is -2.24. The molecule has 0 aromatic rings. The van der Waals surface area contributed by atoms with E-state index in [4.69, 9.17) is 10.5 Å². The summed E-state index contributed by atoms with van der Waals surface area (Å²) in [7, 11) is 0. The summed E-state index contributed by atoms with van der Waals surface area (Å²) in [6.45, 7) is 11.4. The molecule has 84 valence electrons. The number of nitrogens with zero attached hydrogens (tertiary/aromatic N) is 1. The number of hydrogen-bond donors (Lipinski definition) is 1. The average molecular weight is 200 g/mol. The first-order chi connectivity index (χ1) is 6.57. The monoisotopic (exact) mass is 200 g/mol. The highest BCUT2D eigenvalue weighted by Gasteiger charge is 2.30. The minimum atomic E-state index is 0.217. The Balaban J connectivity index is 2.30. The van der Waals surface area contributed by atoms with Crippen LogP contribution in [-0.2, 0) is 4.74 Å². The predicted molar refractivity (Wildman–Crippen MR) is 59.3 cm³/mol. The third-order valence-corrected chi connectivity index (χ3v) is 2.88. The van der Waals surface area contributed by atoms with E-state index in [9.17, 15) is 0 Å². The van der Waals surface area contributed by atoms with Crippen molar-refractivity contribution in [3.05, 3.63) is 0 Å². The molecule has 1 fully saturated rings. The van der Waals surface area contributed by atoms with Crippen molar-refractivity contribution < 1.29 is 4.74 Å². The largest absolute Gasteiger partial charge is 0.376 e. The SMILES string of the molecule is CCOC(CN)CN1CCC(C)(C)C1. The lowest BCUT2D eigenvalue weighted by atomic mass is 9.93. The smallest absolute Gasteiger partial charge is 0.0823 e. The van der Waals surface area contributed by atoms with Gasteiger partial charge in [0.2, 0.25) is 0 Å². The van der Waals surface area contributed by atoms with Gasteiger partial charge in [-0.2, -0.15) is 0 Å². The molecule has 1 aliphatic rings. The molecule has 0 amide bonds. The summed E-state index contributed by atoms with van der Waals surface area (Å²) >= 11 is 0. The van der Waals surface area contributed by atoms with Crippen molar-refractivity contribution in [1.29, 1.82) is 0 Å². The highest BCUT2D eigenvalue weighted by Crippen LogP contribution is 2.28. The third kappa shape index (κ3) is 3.56. The Bertz CT molecular complexity index is 171. The van der Waals surface area contributed by atoms with E-state index in [1.165, 1.54) is 19.5 Å². The van der Waals surface area contributed by atoms with E-state index in [2.05, 4.69) is 18.7 Å². The number of hydrogen-bond acceptors (Lipinski definition) is 3. The van der Waals surface area contributed by atoms with Gasteiger partial charge < -0.3 is 15.4 Å². The Morgan fingerprint density at radius 2 is 2.21 bits per heavy atom. The molecular weight excluding hydrogens is 176 g/mol. The molecule has 3 heteroatoms. The maximum Gasteiger partial charge on any atom is 0.0823 e. The van der Waals surface area contributed by atoms with Crippen molar-refractivity contribution in [1.82, 2.24) is 4.90 Å². The van der Waals surface area contributed by atoms with Gasteiger partial charge in [0, 0.05) is 26.2 Å². The van der Waals surface area contributed by atoms with Gasteiger partial charge in [-0.3, -0.25) is 0 Å². The second kappa shape index (κ2) is 5.10. The fraction of sp³-hybridized carbons (Fsp3) is 1.00. The lowest BCUT2D eigenvalue weighted by molar-refractivity contribution is 0.0428. The maximum atomic E-state index is 5.65. The zero-order chi connectivity index (χ0) is 10.6. The summed E-state index contributed by atoms with van der Waals surface area (Å²) in [6, 6.07) is 0. The normalized spacial score (nSPS) is 24.0. The van der Waals surface area contributed by atoms with Gasteiger partial charge in [-0.15, -0.1) is 0 Å². The average Bonchev–Trinajstić information content (AvgIpc) is 2.45. The van der Waals surface area contributed by atoms with Crippen LogP contribution in [0.25, 0.3) is 0 Å². The topological polar surface area (TPSA) is 38.5 Å². The summed E-state index contributed by atoms with van der Waals surface area (Å²) in [5, 5.41) is 0. The maximum absolute atomic E-state index is 5.65. The van der Waals surface area contributed by atoms with E-state index < -0.39 is 0 Å². The Labute approximate surface area is 87.6 Å². The number of ether oxygens (including phenoxy) is 1.